The molecule has 154 valence electrons. The minimum atomic E-state index is -3.30. The second-order valence-corrected chi connectivity index (χ2v) is 10.8. The van der Waals surface area contributed by atoms with Crippen molar-refractivity contribution in [1.82, 2.24) is 0 Å². The molecule has 4 heteroatoms. The van der Waals surface area contributed by atoms with Crippen LogP contribution >= 0.6 is 0 Å². The van der Waals surface area contributed by atoms with Gasteiger partial charge >= 0.3 is 0 Å². The molecular formula is C23H38O3S. The lowest BCUT2D eigenvalue weighted by molar-refractivity contribution is -0.00122. The van der Waals surface area contributed by atoms with Gasteiger partial charge in [0.1, 0.15) is 0 Å². The molecule has 0 aliphatic heterocycles. The minimum Gasteiger partial charge on any atom is -0.390 e. The topological polar surface area (TPSA) is 54.4 Å². The predicted octanol–water partition coefficient (Wildman–Crippen LogP) is 5.83. The summed E-state index contributed by atoms with van der Waals surface area (Å²) in [6.45, 7) is 3.93. The van der Waals surface area contributed by atoms with Crippen molar-refractivity contribution in [3.63, 3.8) is 0 Å². The summed E-state index contributed by atoms with van der Waals surface area (Å²) >= 11 is 0. The van der Waals surface area contributed by atoms with Gasteiger partial charge < -0.3 is 5.11 Å². The van der Waals surface area contributed by atoms with E-state index in [-0.39, 0.29) is 11.7 Å². The fourth-order valence-electron chi connectivity index (χ4n) is 4.40. The zero-order chi connectivity index (χ0) is 19.8. The number of hydrogen-bond acceptors (Lipinski definition) is 3. The summed E-state index contributed by atoms with van der Waals surface area (Å²) in [6, 6.07) is 7.08. The highest BCUT2D eigenvalue weighted by Crippen LogP contribution is 2.31. The summed E-state index contributed by atoms with van der Waals surface area (Å²) in [6.07, 6.45) is 13.1. The second-order valence-electron chi connectivity index (χ2n) is 8.81. The molecule has 1 aliphatic carbocycles. The standard InChI is InChI=1S/C23H38O3S/c1-20-12-14-22(15-13-20)27(25,26)19-21(2)18-23(24)16-10-8-6-4-3-5-7-9-11-17-23/h12-15,21,24H,3-11,16-19H2,1-2H3. The monoisotopic (exact) mass is 394 g/mol. The van der Waals surface area contributed by atoms with E-state index >= 15 is 0 Å². The van der Waals surface area contributed by atoms with E-state index in [1.165, 1.54) is 44.9 Å². The van der Waals surface area contributed by atoms with Crippen LogP contribution in [0.2, 0.25) is 0 Å². The van der Waals surface area contributed by atoms with Crippen molar-refractivity contribution in [3.05, 3.63) is 29.8 Å². The molecule has 1 atom stereocenters. The van der Waals surface area contributed by atoms with Gasteiger partial charge in [-0.3, -0.25) is 0 Å². The maximum atomic E-state index is 12.7. The number of benzene rings is 1. The van der Waals surface area contributed by atoms with Crippen LogP contribution in [-0.4, -0.2) is 24.9 Å². The van der Waals surface area contributed by atoms with Gasteiger partial charge in [-0.25, -0.2) is 8.42 Å². The van der Waals surface area contributed by atoms with Crippen molar-refractivity contribution < 1.29 is 13.5 Å². The van der Waals surface area contributed by atoms with E-state index in [0.29, 0.717) is 11.3 Å². The van der Waals surface area contributed by atoms with Crippen LogP contribution < -0.4 is 0 Å². The summed E-state index contributed by atoms with van der Waals surface area (Å²) in [5, 5.41) is 11.2. The Kier molecular flexibility index (Phi) is 8.81. The molecule has 0 radical (unpaired) electrons. The molecule has 0 spiro atoms. The average molecular weight is 395 g/mol. The molecule has 1 fully saturated rings. The normalized spacial score (nSPS) is 21.0. The van der Waals surface area contributed by atoms with E-state index in [1.807, 2.05) is 26.0 Å². The summed E-state index contributed by atoms with van der Waals surface area (Å²) in [4.78, 5) is 0.394. The number of rotatable bonds is 5. The summed E-state index contributed by atoms with van der Waals surface area (Å²) < 4.78 is 25.5. The summed E-state index contributed by atoms with van der Waals surface area (Å²) in [5.41, 5.74) is 0.353. The van der Waals surface area contributed by atoms with Gasteiger partial charge in [0.2, 0.25) is 0 Å². The summed E-state index contributed by atoms with van der Waals surface area (Å²) in [7, 11) is -3.30. The van der Waals surface area contributed by atoms with Gasteiger partial charge in [0.05, 0.1) is 16.2 Å². The van der Waals surface area contributed by atoms with Crippen molar-refractivity contribution in [2.24, 2.45) is 5.92 Å². The maximum Gasteiger partial charge on any atom is 0.178 e. The van der Waals surface area contributed by atoms with E-state index in [1.54, 1.807) is 12.1 Å². The van der Waals surface area contributed by atoms with Crippen LogP contribution in [0.5, 0.6) is 0 Å². The van der Waals surface area contributed by atoms with Crippen molar-refractivity contribution in [1.29, 1.82) is 0 Å². The molecule has 1 N–H and O–H groups in total. The third kappa shape index (κ3) is 7.95. The molecular weight excluding hydrogens is 356 g/mol. The van der Waals surface area contributed by atoms with Crippen LogP contribution in [-0.2, 0) is 9.84 Å². The highest BCUT2D eigenvalue weighted by atomic mass is 32.2. The van der Waals surface area contributed by atoms with E-state index in [2.05, 4.69) is 0 Å². The first-order valence-electron chi connectivity index (χ1n) is 10.8. The van der Waals surface area contributed by atoms with E-state index in [9.17, 15) is 13.5 Å². The number of aliphatic hydroxyl groups is 1. The number of hydrogen-bond donors (Lipinski definition) is 1. The van der Waals surface area contributed by atoms with Crippen molar-refractivity contribution in [2.45, 2.75) is 101 Å². The van der Waals surface area contributed by atoms with Crippen molar-refractivity contribution in [3.8, 4) is 0 Å². The van der Waals surface area contributed by atoms with Crippen LogP contribution in [0, 0.1) is 12.8 Å². The molecule has 27 heavy (non-hydrogen) atoms. The largest absolute Gasteiger partial charge is 0.390 e. The molecule has 1 aliphatic rings. The Bertz CT molecular complexity index is 637. The van der Waals surface area contributed by atoms with Gasteiger partial charge in [-0.05, 0) is 44.2 Å². The third-order valence-corrected chi connectivity index (χ3v) is 7.89. The lowest BCUT2D eigenvalue weighted by atomic mass is 9.82. The minimum absolute atomic E-state index is 0.0470. The third-order valence-electron chi connectivity index (χ3n) is 5.90. The molecule has 0 bridgehead atoms. The van der Waals surface area contributed by atoms with Gasteiger partial charge in [-0.2, -0.15) is 0 Å². The highest BCUT2D eigenvalue weighted by Gasteiger charge is 2.30. The molecule has 0 saturated heterocycles. The second kappa shape index (κ2) is 10.6. The van der Waals surface area contributed by atoms with Crippen LogP contribution in [0.25, 0.3) is 0 Å². The Hall–Kier alpha value is -0.870. The fraction of sp³-hybridized carbons (Fsp3) is 0.739. The van der Waals surface area contributed by atoms with Gasteiger partial charge in [0.25, 0.3) is 0 Å². The molecule has 1 saturated carbocycles. The Morgan fingerprint density at radius 1 is 0.889 bits per heavy atom. The first-order valence-corrected chi connectivity index (χ1v) is 12.5. The van der Waals surface area contributed by atoms with Crippen LogP contribution in [0.1, 0.15) is 89.5 Å². The van der Waals surface area contributed by atoms with E-state index in [0.717, 1.165) is 31.2 Å². The SMILES string of the molecule is Cc1ccc(S(=O)(=O)CC(C)CC2(O)CCCCCCCCCCC2)cc1. The van der Waals surface area contributed by atoms with E-state index in [4.69, 9.17) is 0 Å². The molecule has 1 aromatic rings. The fourth-order valence-corrected chi connectivity index (χ4v) is 6.01. The van der Waals surface area contributed by atoms with Crippen LogP contribution in [0.15, 0.2) is 29.2 Å². The van der Waals surface area contributed by atoms with E-state index < -0.39 is 15.4 Å². The smallest absolute Gasteiger partial charge is 0.178 e. The number of aryl methyl sites for hydroxylation is 1. The first-order chi connectivity index (χ1) is 12.8. The molecule has 1 aromatic carbocycles. The van der Waals surface area contributed by atoms with Crippen molar-refractivity contribution >= 4 is 9.84 Å². The molecule has 2 rings (SSSR count). The Labute approximate surface area is 166 Å². The molecule has 0 heterocycles. The highest BCUT2D eigenvalue weighted by molar-refractivity contribution is 7.91. The first kappa shape index (κ1) is 22.4. The Morgan fingerprint density at radius 2 is 1.33 bits per heavy atom. The maximum absolute atomic E-state index is 12.7. The molecule has 0 amide bonds. The van der Waals surface area contributed by atoms with Gasteiger partial charge in [0, 0.05) is 0 Å². The van der Waals surface area contributed by atoms with Gasteiger partial charge in [0.15, 0.2) is 9.84 Å². The Balaban J connectivity index is 1.97. The van der Waals surface area contributed by atoms with Gasteiger partial charge in [-0.15, -0.1) is 0 Å². The van der Waals surface area contributed by atoms with Crippen LogP contribution in [0.4, 0.5) is 0 Å². The summed E-state index contributed by atoms with van der Waals surface area (Å²) in [5.74, 6) is 0.0625. The lowest BCUT2D eigenvalue weighted by Gasteiger charge is -2.31. The molecule has 3 nitrogen and oxygen atoms in total. The zero-order valence-corrected chi connectivity index (χ0v) is 18.1. The molecule has 0 aromatic heterocycles. The lowest BCUT2D eigenvalue weighted by Crippen LogP contribution is -2.33. The van der Waals surface area contributed by atoms with Gasteiger partial charge in [-0.1, -0.05) is 82.4 Å². The Morgan fingerprint density at radius 3 is 1.81 bits per heavy atom. The van der Waals surface area contributed by atoms with Crippen LogP contribution in [0.3, 0.4) is 0 Å². The predicted molar refractivity (Wildman–Crippen MR) is 113 cm³/mol. The number of sulfone groups is 1. The average Bonchev–Trinajstić information content (AvgIpc) is 2.58. The quantitative estimate of drug-likeness (QED) is 0.683. The zero-order valence-electron chi connectivity index (χ0n) is 17.3. The molecule has 1 unspecified atom stereocenters. The van der Waals surface area contributed by atoms with Crippen molar-refractivity contribution in [2.75, 3.05) is 5.75 Å².